The Hall–Kier alpha value is -2.89. The number of nitrogens with one attached hydrogen (secondary N) is 2. The normalized spacial score (nSPS) is 13.0. The molecule has 0 saturated carbocycles. The summed E-state index contributed by atoms with van der Waals surface area (Å²) in [7, 11) is 0. The van der Waals surface area contributed by atoms with Crippen molar-refractivity contribution in [3.63, 3.8) is 0 Å². The molecule has 0 aliphatic heterocycles. The highest BCUT2D eigenvalue weighted by atomic mass is 16.4. The van der Waals surface area contributed by atoms with Gasteiger partial charge in [0.1, 0.15) is 11.7 Å². The van der Waals surface area contributed by atoms with Crippen molar-refractivity contribution in [2.75, 3.05) is 0 Å². The van der Waals surface area contributed by atoms with E-state index >= 15 is 0 Å². The predicted octanol–water partition coefficient (Wildman–Crippen LogP) is 2.86. The van der Waals surface area contributed by atoms with E-state index in [1.165, 1.54) is 6.08 Å². The van der Waals surface area contributed by atoms with E-state index in [1.807, 2.05) is 39.0 Å². The predicted molar refractivity (Wildman–Crippen MR) is 91.5 cm³/mol. The standard InChI is InChI=1S/C18H21N3O3/c1-18(2,3)8-7-14(17(23)24)21-16(22)15-10-12(11-20-15)13-6-4-5-9-19-13/h4-11,14,20H,1-3H3,(H,21,22)(H,23,24)/b8-7+/t14-/m1/s1. The number of carboxylic acids is 1. The minimum atomic E-state index is -1.11. The van der Waals surface area contributed by atoms with Crippen LogP contribution in [0.15, 0.2) is 48.8 Å². The maximum absolute atomic E-state index is 12.3. The minimum Gasteiger partial charge on any atom is -0.479 e. The van der Waals surface area contributed by atoms with Crippen molar-refractivity contribution >= 4 is 11.9 Å². The van der Waals surface area contributed by atoms with Gasteiger partial charge in [-0.2, -0.15) is 0 Å². The Balaban J connectivity index is 2.12. The van der Waals surface area contributed by atoms with E-state index in [4.69, 9.17) is 0 Å². The summed E-state index contributed by atoms with van der Waals surface area (Å²) in [5, 5.41) is 11.8. The summed E-state index contributed by atoms with van der Waals surface area (Å²) in [6.07, 6.45) is 6.58. The Kier molecular flexibility index (Phi) is 5.18. The summed E-state index contributed by atoms with van der Waals surface area (Å²) in [5.41, 5.74) is 1.61. The van der Waals surface area contributed by atoms with Gasteiger partial charge in [-0.15, -0.1) is 0 Å². The SMILES string of the molecule is CC(C)(C)/C=C/[C@@H](NC(=O)c1cc(-c2ccccn2)c[nH]1)C(=O)O. The van der Waals surface area contributed by atoms with Gasteiger partial charge >= 0.3 is 5.97 Å². The molecule has 1 atom stereocenters. The molecule has 0 fully saturated rings. The summed E-state index contributed by atoms with van der Waals surface area (Å²) in [5.74, 6) is -1.59. The molecule has 6 heteroatoms. The van der Waals surface area contributed by atoms with Crippen molar-refractivity contribution < 1.29 is 14.7 Å². The molecule has 24 heavy (non-hydrogen) atoms. The molecule has 0 bridgehead atoms. The summed E-state index contributed by atoms with van der Waals surface area (Å²) in [4.78, 5) is 30.7. The van der Waals surface area contributed by atoms with E-state index in [9.17, 15) is 14.7 Å². The number of rotatable bonds is 5. The molecule has 6 nitrogen and oxygen atoms in total. The molecule has 0 radical (unpaired) electrons. The zero-order valence-electron chi connectivity index (χ0n) is 13.9. The fourth-order valence-electron chi connectivity index (χ4n) is 2.00. The van der Waals surface area contributed by atoms with E-state index < -0.39 is 17.9 Å². The lowest BCUT2D eigenvalue weighted by Gasteiger charge is -2.14. The van der Waals surface area contributed by atoms with Crippen molar-refractivity contribution in [2.45, 2.75) is 26.8 Å². The number of pyridine rings is 1. The van der Waals surface area contributed by atoms with Gasteiger partial charge in [-0.1, -0.05) is 39.0 Å². The van der Waals surface area contributed by atoms with Gasteiger partial charge in [0, 0.05) is 18.0 Å². The van der Waals surface area contributed by atoms with E-state index in [0.717, 1.165) is 11.3 Å². The Morgan fingerprint density at radius 1 is 1.33 bits per heavy atom. The van der Waals surface area contributed by atoms with Crippen LogP contribution in [0.1, 0.15) is 31.3 Å². The molecule has 2 rings (SSSR count). The molecule has 0 aliphatic rings. The highest BCUT2D eigenvalue weighted by Crippen LogP contribution is 2.18. The topological polar surface area (TPSA) is 95.1 Å². The van der Waals surface area contributed by atoms with Gasteiger partial charge in [0.2, 0.25) is 0 Å². The third kappa shape index (κ3) is 4.81. The largest absolute Gasteiger partial charge is 0.479 e. The molecule has 3 N–H and O–H groups in total. The molecule has 0 unspecified atom stereocenters. The maximum Gasteiger partial charge on any atom is 0.330 e. The summed E-state index contributed by atoms with van der Waals surface area (Å²) >= 11 is 0. The number of allylic oxidation sites excluding steroid dienone is 1. The van der Waals surface area contributed by atoms with Crippen LogP contribution in [0.2, 0.25) is 0 Å². The number of aromatic amines is 1. The lowest BCUT2D eigenvalue weighted by Crippen LogP contribution is -2.39. The van der Waals surface area contributed by atoms with Crippen LogP contribution in [0, 0.1) is 5.41 Å². The summed E-state index contributed by atoms with van der Waals surface area (Å²) < 4.78 is 0. The second-order valence-electron chi connectivity index (χ2n) is 6.53. The molecule has 1 amide bonds. The van der Waals surface area contributed by atoms with Gasteiger partial charge in [0.15, 0.2) is 0 Å². The number of hydrogen-bond donors (Lipinski definition) is 3. The lowest BCUT2D eigenvalue weighted by atomic mass is 9.95. The molecule has 0 spiro atoms. The van der Waals surface area contributed by atoms with Crippen LogP contribution in [0.5, 0.6) is 0 Å². The summed E-state index contributed by atoms with van der Waals surface area (Å²) in [6.45, 7) is 5.86. The molecule has 2 aromatic heterocycles. The molecule has 126 valence electrons. The first kappa shape index (κ1) is 17.5. The number of carboxylic acid groups (broad SMARTS) is 1. The first-order valence-corrected chi connectivity index (χ1v) is 7.59. The highest BCUT2D eigenvalue weighted by molar-refractivity contribution is 5.96. The van der Waals surface area contributed by atoms with Gasteiger partial charge in [-0.25, -0.2) is 4.79 Å². The maximum atomic E-state index is 12.3. The Morgan fingerprint density at radius 2 is 2.08 bits per heavy atom. The molecule has 2 heterocycles. The Bertz CT molecular complexity index is 742. The van der Waals surface area contributed by atoms with Gasteiger partial charge in [0.05, 0.1) is 5.69 Å². The second kappa shape index (κ2) is 7.12. The number of carbonyl (C=O) groups excluding carboxylic acids is 1. The number of amides is 1. The zero-order valence-corrected chi connectivity index (χ0v) is 13.9. The van der Waals surface area contributed by atoms with Crippen LogP contribution in [-0.4, -0.2) is 33.0 Å². The fraction of sp³-hybridized carbons (Fsp3) is 0.278. The minimum absolute atomic E-state index is 0.170. The van der Waals surface area contributed by atoms with Gasteiger partial charge in [-0.05, 0) is 23.6 Å². The average Bonchev–Trinajstić information content (AvgIpc) is 3.01. The fourth-order valence-corrected chi connectivity index (χ4v) is 2.00. The molecular weight excluding hydrogens is 306 g/mol. The first-order chi connectivity index (χ1) is 11.3. The van der Waals surface area contributed by atoms with Crippen molar-refractivity contribution in [2.24, 2.45) is 5.41 Å². The average molecular weight is 327 g/mol. The number of aromatic nitrogens is 2. The van der Waals surface area contributed by atoms with Crippen LogP contribution < -0.4 is 5.32 Å². The van der Waals surface area contributed by atoms with Crippen molar-refractivity contribution in [3.8, 4) is 11.3 Å². The third-order valence-corrected chi connectivity index (χ3v) is 3.23. The molecular formula is C18H21N3O3. The smallest absolute Gasteiger partial charge is 0.330 e. The molecule has 0 saturated heterocycles. The Labute approximate surface area is 140 Å². The van der Waals surface area contributed by atoms with Crippen molar-refractivity contribution in [1.29, 1.82) is 0 Å². The number of nitrogens with zero attached hydrogens (tertiary/aromatic N) is 1. The van der Waals surface area contributed by atoms with Crippen LogP contribution in [-0.2, 0) is 4.79 Å². The van der Waals surface area contributed by atoms with Crippen molar-refractivity contribution in [1.82, 2.24) is 15.3 Å². The van der Waals surface area contributed by atoms with Crippen LogP contribution >= 0.6 is 0 Å². The quantitative estimate of drug-likeness (QED) is 0.736. The summed E-state index contributed by atoms with van der Waals surface area (Å²) in [6, 6.07) is 6.05. The van der Waals surface area contributed by atoms with E-state index in [2.05, 4.69) is 15.3 Å². The molecule has 0 aromatic carbocycles. The lowest BCUT2D eigenvalue weighted by molar-refractivity contribution is -0.137. The number of hydrogen-bond acceptors (Lipinski definition) is 3. The molecule has 2 aromatic rings. The first-order valence-electron chi connectivity index (χ1n) is 7.59. The second-order valence-corrected chi connectivity index (χ2v) is 6.53. The van der Waals surface area contributed by atoms with Crippen LogP contribution in [0.3, 0.4) is 0 Å². The van der Waals surface area contributed by atoms with Gasteiger partial charge in [0.25, 0.3) is 5.91 Å². The Morgan fingerprint density at radius 3 is 2.67 bits per heavy atom. The molecule has 0 aliphatic carbocycles. The zero-order chi connectivity index (χ0) is 17.7. The van der Waals surface area contributed by atoms with Crippen molar-refractivity contribution in [3.05, 3.63) is 54.5 Å². The van der Waals surface area contributed by atoms with E-state index in [-0.39, 0.29) is 11.1 Å². The van der Waals surface area contributed by atoms with Gasteiger partial charge < -0.3 is 15.4 Å². The third-order valence-electron chi connectivity index (χ3n) is 3.23. The number of aliphatic carboxylic acids is 1. The van der Waals surface area contributed by atoms with Crippen LogP contribution in [0.25, 0.3) is 11.3 Å². The van der Waals surface area contributed by atoms with E-state index in [1.54, 1.807) is 24.5 Å². The van der Waals surface area contributed by atoms with Crippen LogP contribution in [0.4, 0.5) is 0 Å². The highest BCUT2D eigenvalue weighted by Gasteiger charge is 2.20. The van der Waals surface area contributed by atoms with Gasteiger partial charge in [-0.3, -0.25) is 9.78 Å². The number of H-pyrrole nitrogens is 1. The van der Waals surface area contributed by atoms with E-state index in [0.29, 0.717) is 0 Å². The number of carbonyl (C=O) groups is 2. The monoisotopic (exact) mass is 327 g/mol.